The lowest BCUT2D eigenvalue weighted by molar-refractivity contribution is 0.262. The summed E-state index contributed by atoms with van der Waals surface area (Å²) < 4.78 is 1.04. The average Bonchev–Trinajstić information content (AvgIpc) is 2.34. The highest BCUT2D eigenvalue weighted by Gasteiger charge is 2.07. The van der Waals surface area contributed by atoms with Gasteiger partial charge in [0.05, 0.1) is 0 Å². The van der Waals surface area contributed by atoms with E-state index in [0.29, 0.717) is 15.7 Å². The lowest BCUT2D eigenvalue weighted by atomic mass is 10.1. The number of carbonyl (C=O) groups excluding carboxylic acids is 1. The Bertz CT molecular complexity index is 661. The summed E-state index contributed by atoms with van der Waals surface area (Å²) in [6.07, 6.45) is 0. The summed E-state index contributed by atoms with van der Waals surface area (Å²) in [5.74, 6) is 0. The lowest BCUT2D eigenvalue weighted by Crippen LogP contribution is -2.19. The molecule has 2 amide bonds. The molecule has 0 saturated carbocycles. The van der Waals surface area contributed by atoms with E-state index in [1.54, 1.807) is 18.2 Å². The highest BCUT2D eigenvalue weighted by atomic mass is 79.9. The van der Waals surface area contributed by atoms with Crippen LogP contribution in [-0.4, -0.2) is 6.03 Å². The molecule has 6 heteroatoms. The molecule has 0 unspecified atom stereocenters. The third kappa shape index (κ3) is 4.37. The second-order valence-electron chi connectivity index (χ2n) is 4.66. The molecule has 0 bridgehead atoms. The number of hydrogen-bond donors (Lipinski definition) is 2. The van der Waals surface area contributed by atoms with Gasteiger partial charge in [0.15, 0.2) is 0 Å². The van der Waals surface area contributed by atoms with Gasteiger partial charge >= 0.3 is 6.03 Å². The number of halogens is 3. The molecular formula is C15H13BrCl2N2O. The number of amides is 2. The van der Waals surface area contributed by atoms with E-state index in [9.17, 15) is 4.79 Å². The Kier molecular flexibility index (Phi) is 5.14. The topological polar surface area (TPSA) is 41.1 Å². The molecule has 3 nitrogen and oxygen atoms in total. The summed E-state index contributed by atoms with van der Waals surface area (Å²) in [4.78, 5) is 12.0. The number of aryl methyl sites for hydroxylation is 2. The van der Waals surface area contributed by atoms with Crippen molar-refractivity contribution in [1.82, 2.24) is 0 Å². The van der Waals surface area contributed by atoms with Gasteiger partial charge < -0.3 is 10.6 Å². The van der Waals surface area contributed by atoms with Crippen molar-refractivity contribution in [3.8, 4) is 0 Å². The maximum Gasteiger partial charge on any atom is 0.323 e. The van der Waals surface area contributed by atoms with Gasteiger partial charge in [-0.25, -0.2) is 4.79 Å². The van der Waals surface area contributed by atoms with E-state index in [2.05, 4.69) is 26.6 Å². The molecule has 0 spiro atoms. The molecule has 21 heavy (non-hydrogen) atoms. The van der Waals surface area contributed by atoms with Crippen LogP contribution in [0.5, 0.6) is 0 Å². The van der Waals surface area contributed by atoms with E-state index in [4.69, 9.17) is 23.2 Å². The van der Waals surface area contributed by atoms with Crippen LogP contribution in [0.3, 0.4) is 0 Å². The molecule has 0 saturated heterocycles. The maximum atomic E-state index is 12.0. The molecule has 0 aliphatic carbocycles. The number of anilines is 2. The predicted molar refractivity (Wildman–Crippen MR) is 92.7 cm³/mol. The fourth-order valence-corrected chi connectivity index (χ4v) is 2.69. The fraction of sp³-hybridized carbons (Fsp3) is 0.133. The average molecular weight is 388 g/mol. The van der Waals surface area contributed by atoms with Gasteiger partial charge in [-0.05, 0) is 55.3 Å². The van der Waals surface area contributed by atoms with Gasteiger partial charge in [0.2, 0.25) is 0 Å². The van der Waals surface area contributed by atoms with Crippen molar-refractivity contribution in [3.63, 3.8) is 0 Å². The highest BCUT2D eigenvalue weighted by Crippen LogP contribution is 2.26. The molecule has 2 N–H and O–H groups in total. The molecule has 110 valence electrons. The predicted octanol–water partition coefficient (Wildman–Crippen LogP) is 6.02. The Balaban J connectivity index is 2.11. The standard InChI is InChI=1S/C15H13BrCl2N2O/c1-8-3-12(4-9(2)14(8)16)19-15(21)20-13-6-10(17)5-11(18)7-13/h3-7H,1-2H3,(H2,19,20,21). The van der Waals surface area contributed by atoms with Crippen molar-refractivity contribution in [1.29, 1.82) is 0 Å². The van der Waals surface area contributed by atoms with E-state index < -0.39 is 0 Å². The van der Waals surface area contributed by atoms with Crippen LogP contribution >= 0.6 is 39.1 Å². The van der Waals surface area contributed by atoms with Crippen molar-refractivity contribution in [3.05, 3.63) is 56.0 Å². The van der Waals surface area contributed by atoms with E-state index >= 15 is 0 Å². The number of urea groups is 1. The van der Waals surface area contributed by atoms with Crippen LogP contribution in [0.1, 0.15) is 11.1 Å². The quantitative estimate of drug-likeness (QED) is 0.650. The highest BCUT2D eigenvalue weighted by molar-refractivity contribution is 9.10. The van der Waals surface area contributed by atoms with Gasteiger partial charge in [-0.1, -0.05) is 39.1 Å². The van der Waals surface area contributed by atoms with Gasteiger partial charge in [-0.15, -0.1) is 0 Å². The third-order valence-electron chi connectivity index (χ3n) is 2.81. The minimum atomic E-state index is -0.352. The van der Waals surface area contributed by atoms with Crippen LogP contribution in [0.4, 0.5) is 16.2 Å². The second kappa shape index (κ2) is 6.69. The minimum Gasteiger partial charge on any atom is -0.308 e. The molecule has 0 aromatic heterocycles. The summed E-state index contributed by atoms with van der Waals surface area (Å²) in [7, 11) is 0. The second-order valence-corrected chi connectivity index (χ2v) is 6.33. The molecule has 2 rings (SSSR count). The Morgan fingerprint density at radius 2 is 1.33 bits per heavy atom. The molecule has 0 radical (unpaired) electrons. The number of benzene rings is 2. The molecule has 0 fully saturated rings. The number of rotatable bonds is 2. The van der Waals surface area contributed by atoms with Gasteiger partial charge in [0, 0.05) is 25.9 Å². The van der Waals surface area contributed by atoms with Crippen LogP contribution in [-0.2, 0) is 0 Å². The first kappa shape index (κ1) is 16.1. The van der Waals surface area contributed by atoms with Crippen molar-refractivity contribution >= 4 is 56.5 Å². The smallest absolute Gasteiger partial charge is 0.308 e. The summed E-state index contributed by atoms with van der Waals surface area (Å²) in [6, 6.07) is 8.29. The normalized spacial score (nSPS) is 10.3. The van der Waals surface area contributed by atoms with Gasteiger partial charge in [-0.3, -0.25) is 0 Å². The number of nitrogens with one attached hydrogen (secondary N) is 2. The number of hydrogen-bond acceptors (Lipinski definition) is 1. The van der Waals surface area contributed by atoms with Gasteiger partial charge in [0.1, 0.15) is 0 Å². The molecule has 0 aliphatic heterocycles. The van der Waals surface area contributed by atoms with E-state index in [-0.39, 0.29) is 6.03 Å². The van der Waals surface area contributed by atoms with Crippen molar-refractivity contribution in [2.45, 2.75) is 13.8 Å². The Hall–Kier alpha value is -1.23. The summed E-state index contributed by atoms with van der Waals surface area (Å²) in [6.45, 7) is 3.94. The van der Waals surface area contributed by atoms with Crippen molar-refractivity contribution in [2.75, 3.05) is 10.6 Å². The Morgan fingerprint density at radius 1 is 0.905 bits per heavy atom. The van der Waals surface area contributed by atoms with E-state index in [0.717, 1.165) is 21.3 Å². The first-order chi connectivity index (χ1) is 9.85. The third-order valence-corrected chi connectivity index (χ3v) is 4.50. The van der Waals surface area contributed by atoms with Gasteiger partial charge in [-0.2, -0.15) is 0 Å². The van der Waals surface area contributed by atoms with Crippen LogP contribution < -0.4 is 10.6 Å². The number of carbonyl (C=O) groups is 1. The maximum absolute atomic E-state index is 12.0. The summed E-state index contributed by atoms with van der Waals surface area (Å²) in [5, 5.41) is 6.41. The zero-order valence-electron chi connectivity index (χ0n) is 11.4. The van der Waals surface area contributed by atoms with E-state index in [1.807, 2.05) is 26.0 Å². The van der Waals surface area contributed by atoms with Gasteiger partial charge in [0.25, 0.3) is 0 Å². The SMILES string of the molecule is Cc1cc(NC(=O)Nc2cc(Cl)cc(Cl)c2)cc(C)c1Br. The van der Waals surface area contributed by atoms with Crippen LogP contribution in [0.25, 0.3) is 0 Å². The zero-order chi connectivity index (χ0) is 15.6. The van der Waals surface area contributed by atoms with Crippen LogP contribution in [0, 0.1) is 13.8 Å². The Labute approximate surface area is 141 Å². The van der Waals surface area contributed by atoms with Crippen LogP contribution in [0.15, 0.2) is 34.8 Å². The molecule has 2 aromatic rings. The molecule has 0 heterocycles. The van der Waals surface area contributed by atoms with Crippen LogP contribution in [0.2, 0.25) is 10.0 Å². The fourth-order valence-electron chi connectivity index (χ4n) is 1.94. The lowest BCUT2D eigenvalue weighted by Gasteiger charge is -2.11. The summed E-state index contributed by atoms with van der Waals surface area (Å²) >= 11 is 15.3. The van der Waals surface area contributed by atoms with Crippen molar-refractivity contribution in [2.24, 2.45) is 0 Å². The minimum absolute atomic E-state index is 0.352. The monoisotopic (exact) mass is 386 g/mol. The molecule has 0 aliphatic rings. The molecule has 2 aromatic carbocycles. The molecular weight excluding hydrogens is 375 g/mol. The zero-order valence-corrected chi connectivity index (χ0v) is 14.5. The first-order valence-corrected chi connectivity index (χ1v) is 7.71. The first-order valence-electron chi connectivity index (χ1n) is 6.16. The molecule has 0 atom stereocenters. The van der Waals surface area contributed by atoms with E-state index in [1.165, 1.54) is 0 Å². The largest absolute Gasteiger partial charge is 0.323 e. The Morgan fingerprint density at radius 3 is 1.81 bits per heavy atom. The van der Waals surface area contributed by atoms with Crippen molar-refractivity contribution < 1.29 is 4.79 Å². The summed E-state index contributed by atoms with van der Waals surface area (Å²) in [5.41, 5.74) is 3.36.